The maximum Gasteiger partial charge on any atom is 0.0726 e. The number of hydrogen-bond acceptors (Lipinski definition) is 3. The third kappa shape index (κ3) is 3.57. The van der Waals surface area contributed by atoms with E-state index in [1.165, 1.54) is 24.1 Å². The molecule has 1 N–H and O–H groups in total. The van der Waals surface area contributed by atoms with Gasteiger partial charge < -0.3 is 10.1 Å². The van der Waals surface area contributed by atoms with Gasteiger partial charge >= 0.3 is 0 Å². The Morgan fingerprint density at radius 1 is 1.53 bits per heavy atom. The van der Waals surface area contributed by atoms with Crippen LogP contribution in [0.5, 0.6) is 0 Å². The first-order chi connectivity index (χ1) is 8.88. The zero-order valence-corrected chi connectivity index (χ0v) is 12.9. The molecule has 0 saturated carbocycles. The van der Waals surface area contributed by atoms with Crippen LogP contribution in [0.4, 0.5) is 0 Å². The number of aryl methyl sites for hydroxylation is 1. The summed E-state index contributed by atoms with van der Waals surface area (Å²) >= 11 is 0. The smallest absolute Gasteiger partial charge is 0.0726 e. The van der Waals surface area contributed by atoms with Gasteiger partial charge in [-0.2, -0.15) is 5.10 Å². The maximum absolute atomic E-state index is 5.72. The zero-order chi connectivity index (χ0) is 14.0. The van der Waals surface area contributed by atoms with Crippen molar-refractivity contribution >= 4 is 0 Å². The van der Waals surface area contributed by atoms with Gasteiger partial charge in [0.25, 0.3) is 0 Å². The van der Waals surface area contributed by atoms with Crippen LogP contribution in [-0.2, 0) is 23.7 Å². The second kappa shape index (κ2) is 5.63. The van der Waals surface area contributed by atoms with Crippen molar-refractivity contribution in [2.24, 2.45) is 7.05 Å². The van der Waals surface area contributed by atoms with Crippen molar-refractivity contribution in [3.8, 4) is 0 Å². The first kappa shape index (κ1) is 14.5. The molecule has 2 unspecified atom stereocenters. The van der Waals surface area contributed by atoms with Crippen LogP contribution in [0, 0.1) is 0 Å². The van der Waals surface area contributed by atoms with Crippen LogP contribution in [0.2, 0.25) is 0 Å². The monoisotopic (exact) mass is 265 g/mol. The van der Waals surface area contributed by atoms with Gasteiger partial charge in [-0.1, -0.05) is 20.8 Å². The molecule has 1 fully saturated rings. The largest absolute Gasteiger partial charge is 0.377 e. The van der Waals surface area contributed by atoms with Crippen molar-refractivity contribution in [3.63, 3.8) is 0 Å². The topological polar surface area (TPSA) is 39.1 Å². The highest BCUT2D eigenvalue weighted by Crippen LogP contribution is 2.24. The normalized spacial score (nSPS) is 21.8. The van der Waals surface area contributed by atoms with Crippen LogP contribution in [0.25, 0.3) is 0 Å². The third-order valence-corrected chi connectivity index (χ3v) is 3.75. The summed E-state index contributed by atoms with van der Waals surface area (Å²) < 4.78 is 7.63. The summed E-state index contributed by atoms with van der Waals surface area (Å²) in [5, 5.41) is 8.19. The molecule has 0 aliphatic carbocycles. The Balaban J connectivity index is 1.99. The van der Waals surface area contributed by atoms with Gasteiger partial charge in [-0.05, 0) is 19.8 Å². The summed E-state index contributed by atoms with van der Waals surface area (Å²) in [6, 6.07) is 0.399. The molecule has 4 heteroatoms. The lowest BCUT2D eigenvalue weighted by Crippen LogP contribution is -2.36. The Morgan fingerprint density at radius 3 is 2.84 bits per heavy atom. The number of ether oxygens (including phenoxy) is 1. The number of nitrogens with zero attached hydrogens (tertiary/aromatic N) is 2. The number of rotatable bonds is 4. The van der Waals surface area contributed by atoms with Crippen LogP contribution < -0.4 is 5.32 Å². The molecule has 1 aliphatic rings. The van der Waals surface area contributed by atoms with E-state index in [2.05, 4.69) is 44.3 Å². The number of nitrogens with one attached hydrogen (secondary N) is 1. The lowest BCUT2D eigenvalue weighted by molar-refractivity contribution is 0.0831. The Bertz CT molecular complexity index is 414. The van der Waals surface area contributed by atoms with E-state index in [4.69, 9.17) is 4.74 Å². The fraction of sp³-hybridized carbons (Fsp3) is 0.800. The summed E-state index contributed by atoms with van der Waals surface area (Å²) in [6.45, 7) is 10.6. The summed E-state index contributed by atoms with van der Waals surface area (Å²) in [5.74, 6) is 0. The third-order valence-electron chi connectivity index (χ3n) is 3.75. The van der Waals surface area contributed by atoms with Crippen molar-refractivity contribution in [1.29, 1.82) is 0 Å². The van der Waals surface area contributed by atoms with Gasteiger partial charge in [0.1, 0.15) is 0 Å². The maximum atomic E-state index is 5.72. The van der Waals surface area contributed by atoms with Crippen LogP contribution in [0.15, 0.2) is 6.20 Å². The molecule has 2 atom stereocenters. The van der Waals surface area contributed by atoms with E-state index in [1.807, 2.05) is 11.7 Å². The van der Waals surface area contributed by atoms with Crippen molar-refractivity contribution in [2.75, 3.05) is 6.61 Å². The minimum atomic E-state index is 0.0887. The predicted octanol–water partition coefficient (Wildman–Crippen LogP) is 2.37. The van der Waals surface area contributed by atoms with Gasteiger partial charge in [-0.25, -0.2) is 0 Å². The van der Waals surface area contributed by atoms with Crippen LogP contribution in [0.1, 0.15) is 51.8 Å². The number of aromatic nitrogens is 2. The minimum absolute atomic E-state index is 0.0887. The van der Waals surface area contributed by atoms with E-state index in [-0.39, 0.29) is 5.41 Å². The second-order valence-corrected chi connectivity index (χ2v) is 6.65. The fourth-order valence-electron chi connectivity index (χ4n) is 2.70. The highest BCUT2D eigenvalue weighted by molar-refractivity contribution is 5.24. The highest BCUT2D eigenvalue weighted by atomic mass is 16.5. The van der Waals surface area contributed by atoms with Crippen molar-refractivity contribution in [2.45, 2.75) is 64.6 Å². The lowest BCUT2D eigenvalue weighted by Gasteiger charge is -2.22. The lowest BCUT2D eigenvalue weighted by atomic mass is 9.89. The molecule has 1 aliphatic heterocycles. The van der Waals surface area contributed by atoms with Crippen molar-refractivity contribution in [3.05, 3.63) is 17.5 Å². The van der Waals surface area contributed by atoms with E-state index in [9.17, 15) is 0 Å². The second-order valence-electron chi connectivity index (χ2n) is 6.65. The molecule has 19 heavy (non-hydrogen) atoms. The highest BCUT2D eigenvalue weighted by Gasteiger charge is 2.24. The van der Waals surface area contributed by atoms with E-state index in [0.29, 0.717) is 12.1 Å². The summed E-state index contributed by atoms with van der Waals surface area (Å²) in [6.07, 6.45) is 4.86. The van der Waals surface area contributed by atoms with Gasteiger partial charge in [0.15, 0.2) is 0 Å². The molecule has 2 heterocycles. The fourth-order valence-corrected chi connectivity index (χ4v) is 2.70. The Hall–Kier alpha value is -0.870. The molecule has 1 aromatic heterocycles. The Morgan fingerprint density at radius 2 is 2.26 bits per heavy atom. The molecule has 0 radical (unpaired) electrons. The molecular weight excluding hydrogens is 238 g/mol. The van der Waals surface area contributed by atoms with Crippen LogP contribution in [-0.4, -0.2) is 28.5 Å². The molecule has 0 spiro atoms. The summed E-state index contributed by atoms with van der Waals surface area (Å²) in [5.41, 5.74) is 2.56. The molecule has 0 aromatic carbocycles. The summed E-state index contributed by atoms with van der Waals surface area (Å²) in [7, 11) is 1.99. The molecular formula is C15H27N3O. The average molecular weight is 265 g/mol. The molecule has 108 valence electrons. The van der Waals surface area contributed by atoms with Crippen LogP contribution in [0.3, 0.4) is 0 Å². The van der Waals surface area contributed by atoms with Gasteiger partial charge in [0.05, 0.1) is 11.8 Å². The standard InChI is InChI=1S/C15H27N3O/c1-11(13-7-6-8-19-13)16-9-12-10-18(5)17-14(12)15(2,3)4/h10-11,13,16H,6-9H2,1-5H3. The van der Waals surface area contributed by atoms with Gasteiger partial charge in [0, 0.05) is 43.4 Å². The molecule has 1 saturated heterocycles. The first-order valence-corrected chi connectivity index (χ1v) is 7.26. The molecule has 2 rings (SSSR count). The molecule has 1 aromatic rings. The Kier molecular flexibility index (Phi) is 4.31. The number of hydrogen-bond donors (Lipinski definition) is 1. The molecule has 0 amide bonds. The SMILES string of the molecule is CC(NCc1cn(C)nc1C(C)(C)C)C1CCCO1. The first-order valence-electron chi connectivity index (χ1n) is 7.26. The van der Waals surface area contributed by atoms with Gasteiger partial charge in [-0.3, -0.25) is 4.68 Å². The minimum Gasteiger partial charge on any atom is -0.377 e. The Labute approximate surface area is 116 Å². The molecule has 0 bridgehead atoms. The summed E-state index contributed by atoms with van der Waals surface area (Å²) in [4.78, 5) is 0. The van der Waals surface area contributed by atoms with Gasteiger partial charge in [0.2, 0.25) is 0 Å². The van der Waals surface area contributed by atoms with Crippen LogP contribution >= 0.6 is 0 Å². The van der Waals surface area contributed by atoms with Crippen molar-refractivity contribution < 1.29 is 4.74 Å². The van der Waals surface area contributed by atoms with Gasteiger partial charge in [-0.15, -0.1) is 0 Å². The average Bonchev–Trinajstić information content (AvgIpc) is 2.93. The quantitative estimate of drug-likeness (QED) is 0.908. The van der Waals surface area contributed by atoms with E-state index < -0.39 is 0 Å². The predicted molar refractivity (Wildman–Crippen MR) is 77.2 cm³/mol. The van der Waals surface area contributed by atoms with Crippen molar-refractivity contribution in [1.82, 2.24) is 15.1 Å². The zero-order valence-electron chi connectivity index (χ0n) is 12.9. The molecule has 4 nitrogen and oxygen atoms in total. The van der Waals surface area contributed by atoms with E-state index in [0.717, 1.165) is 13.2 Å². The van der Waals surface area contributed by atoms with E-state index in [1.54, 1.807) is 0 Å². The van der Waals surface area contributed by atoms with E-state index >= 15 is 0 Å².